The van der Waals surface area contributed by atoms with Crippen LogP contribution in [0.15, 0.2) is 40.9 Å². The van der Waals surface area contributed by atoms with Gasteiger partial charge >= 0.3 is 0 Å². The molecule has 98 valence electrons. The Kier molecular flexibility index (Phi) is 3.42. The first-order chi connectivity index (χ1) is 9.15. The number of hydrogen-bond donors (Lipinski definition) is 1. The molecule has 2 nitrogen and oxygen atoms in total. The van der Waals surface area contributed by atoms with Crippen LogP contribution >= 0.6 is 27.5 Å². The summed E-state index contributed by atoms with van der Waals surface area (Å²) < 4.78 is 1.08. The number of benzene rings is 2. The molecule has 19 heavy (non-hydrogen) atoms. The van der Waals surface area contributed by atoms with Crippen LogP contribution in [0.3, 0.4) is 0 Å². The molecule has 0 saturated heterocycles. The monoisotopic (exact) mass is 336 g/mol. The van der Waals surface area contributed by atoms with Crippen molar-refractivity contribution < 1.29 is 0 Å². The highest BCUT2D eigenvalue weighted by molar-refractivity contribution is 9.10. The molecule has 0 radical (unpaired) electrons. The van der Waals surface area contributed by atoms with Gasteiger partial charge in [0.25, 0.3) is 0 Å². The molecule has 2 aromatic rings. The van der Waals surface area contributed by atoms with Crippen LogP contribution in [0, 0.1) is 6.92 Å². The zero-order chi connectivity index (χ0) is 13.4. The van der Waals surface area contributed by atoms with E-state index in [-0.39, 0.29) is 0 Å². The standard InChI is InChI=1S/C15H14BrClN2/c1-10-2-4-12(17)9-14(10)19-7-6-18-13-5-3-11(16)8-15(13)19/h2-5,8-9,18H,6-7H2,1H3. The molecule has 1 heterocycles. The van der Waals surface area contributed by atoms with Crippen molar-refractivity contribution in [2.45, 2.75) is 6.92 Å². The lowest BCUT2D eigenvalue weighted by Crippen LogP contribution is -2.30. The van der Waals surface area contributed by atoms with E-state index in [0.29, 0.717) is 0 Å². The highest BCUT2D eigenvalue weighted by Crippen LogP contribution is 2.38. The van der Waals surface area contributed by atoms with Crippen molar-refractivity contribution in [2.75, 3.05) is 23.3 Å². The largest absolute Gasteiger partial charge is 0.382 e. The van der Waals surface area contributed by atoms with Gasteiger partial charge in [0, 0.05) is 28.3 Å². The summed E-state index contributed by atoms with van der Waals surface area (Å²) in [4.78, 5) is 2.32. The Morgan fingerprint density at radius 1 is 1.16 bits per heavy atom. The average Bonchev–Trinajstić information content (AvgIpc) is 2.41. The minimum absolute atomic E-state index is 0.774. The van der Waals surface area contributed by atoms with Gasteiger partial charge < -0.3 is 10.2 Å². The SMILES string of the molecule is Cc1ccc(Cl)cc1N1CCNc2ccc(Br)cc21. The van der Waals surface area contributed by atoms with Gasteiger partial charge in [-0.05, 0) is 42.8 Å². The fraction of sp³-hybridized carbons (Fsp3) is 0.200. The summed E-state index contributed by atoms with van der Waals surface area (Å²) in [6.07, 6.45) is 0. The molecule has 0 amide bonds. The number of aryl methyl sites for hydroxylation is 1. The number of nitrogens with zero attached hydrogens (tertiary/aromatic N) is 1. The van der Waals surface area contributed by atoms with Gasteiger partial charge in [-0.25, -0.2) is 0 Å². The zero-order valence-corrected chi connectivity index (χ0v) is 12.9. The molecule has 0 aromatic heterocycles. The molecular formula is C15H14BrClN2. The maximum atomic E-state index is 6.14. The van der Waals surface area contributed by atoms with Crippen molar-refractivity contribution in [2.24, 2.45) is 0 Å². The Hall–Kier alpha value is -1.19. The lowest BCUT2D eigenvalue weighted by Gasteiger charge is -2.33. The van der Waals surface area contributed by atoms with Gasteiger partial charge in [0.2, 0.25) is 0 Å². The normalized spacial score (nSPS) is 13.9. The topological polar surface area (TPSA) is 15.3 Å². The molecule has 1 aliphatic heterocycles. The molecule has 0 atom stereocenters. The number of anilines is 3. The Bertz CT molecular complexity index is 628. The minimum atomic E-state index is 0.774. The van der Waals surface area contributed by atoms with Crippen molar-refractivity contribution in [1.29, 1.82) is 0 Å². The molecule has 0 saturated carbocycles. The summed E-state index contributed by atoms with van der Waals surface area (Å²) in [5, 5.41) is 4.20. The van der Waals surface area contributed by atoms with Crippen molar-refractivity contribution in [3.63, 3.8) is 0 Å². The number of rotatable bonds is 1. The van der Waals surface area contributed by atoms with Crippen LogP contribution in [0.4, 0.5) is 17.1 Å². The van der Waals surface area contributed by atoms with Crippen LogP contribution in [0.1, 0.15) is 5.56 Å². The smallest absolute Gasteiger partial charge is 0.0658 e. The predicted molar refractivity (Wildman–Crippen MR) is 85.8 cm³/mol. The second kappa shape index (κ2) is 5.06. The fourth-order valence-electron chi connectivity index (χ4n) is 2.42. The summed E-state index contributed by atoms with van der Waals surface area (Å²) in [7, 11) is 0. The van der Waals surface area contributed by atoms with Gasteiger partial charge in [-0.2, -0.15) is 0 Å². The highest BCUT2D eigenvalue weighted by Gasteiger charge is 2.19. The summed E-state index contributed by atoms with van der Waals surface area (Å²) in [6, 6.07) is 12.3. The Morgan fingerprint density at radius 3 is 2.84 bits per heavy atom. The third-order valence-electron chi connectivity index (χ3n) is 3.36. The third-order valence-corrected chi connectivity index (χ3v) is 4.09. The Balaban J connectivity index is 2.13. The molecule has 3 rings (SSSR count). The molecule has 0 bridgehead atoms. The lowest BCUT2D eigenvalue weighted by molar-refractivity contribution is 0.922. The van der Waals surface area contributed by atoms with Crippen LogP contribution in [-0.2, 0) is 0 Å². The molecule has 0 spiro atoms. The Morgan fingerprint density at radius 2 is 2.00 bits per heavy atom. The fourth-order valence-corrected chi connectivity index (χ4v) is 2.94. The first-order valence-electron chi connectivity index (χ1n) is 6.22. The van der Waals surface area contributed by atoms with Crippen molar-refractivity contribution >= 4 is 44.6 Å². The number of hydrogen-bond acceptors (Lipinski definition) is 2. The zero-order valence-electron chi connectivity index (χ0n) is 10.6. The van der Waals surface area contributed by atoms with Crippen LogP contribution in [0.2, 0.25) is 5.02 Å². The lowest BCUT2D eigenvalue weighted by atomic mass is 10.1. The molecule has 0 aliphatic carbocycles. The van der Waals surface area contributed by atoms with Gasteiger partial charge in [-0.3, -0.25) is 0 Å². The second-order valence-electron chi connectivity index (χ2n) is 4.67. The molecule has 1 aliphatic rings. The first-order valence-corrected chi connectivity index (χ1v) is 7.39. The van der Waals surface area contributed by atoms with Crippen LogP contribution in [0.25, 0.3) is 0 Å². The first kappa shape index (κ1) is 12.8. The second-order valence-corrected chi connectivity index (χ2v) is 6.02. The van der Waals surface area contributed by atoms with Crippen molar-refractivity contribution in [3.05, 3.63) is 51.5 Å². The summed E-state index contributed by atoms with van der Waals surface area (Å²) in [5.74, 6) is 0. The molecule has 0 unspecified atom stereocenters. The van der Waals surface area contributed by atoms with Gasteiger partial charge in [0.1, 0.15) is 0 Å². The van der Waals surface area contributed by atoms with E-state index in [1.165, 1.54) is 16.9 Å². The molecule has 0 fully saturated rings. The van der Waals surface area contributed by atoms with E-state index < -0.39 is 0 Å². The van der Waals surface area contributed by atoms with Gasteiger partial charge in [0.15, 0.2) is 0 Å². The molecule has 2 aromatic carbocycles. The molecule has 4 heteroatoms. The maximum Gasteiger partial charge on any atom is 0.0658 e. The van der Waals surface area contributed by atoms with Gasteiger partial charge in [0.05, 0.1) is 11.4 Å². The quantitative estimate of drug-likeness (QED) is 0.790. The summed E-state index contributed by atoms with van der Waals surface area (Å²) in [5.41, 5.74) is 4.75. The number of halogens is 2. The molecule has 1 N–H and O–H groups in total. The van der Waals surface area contributed by atoms with E-state index in [1.807, 2.05) is 12.1 Å². The number of fused-ring (bicyclic) bond motifs is 1. The highest BCUT2D eigenvalue weighted by atomic mass is 79.9. The average molecular weight is 338 g/mol. The van der Waals surface area contributed by atoms with E-state index in [2.05, 4.69) is 57.3 Å². The third kappa shape index (κ3) is 2.45. The maximum absolute atomic E-state index is 6.14. The molecular weight excluding hydrogens is 324 g/mol. The summed E-state index contributed by atoms with van der Waals surface area (Å²) >= 11 is 9.69. The van der Waals surface area contributed by atoms with Gasteiger partial charge in [-0.1, -0.05) is 33.6 Å². The van der Waals surface area contributed by atoms with Gasteiger partial charge in [-0.15, -0.1) is 0 Å². The van der Waals surface area contributed by atoms with Crippen LogP contribution in [-0.4, -0.2) is 13.1 Å². The van der Waals surface area contributed by atoms with Crippen LogP contribution in [0.5, 0.6) is 0 Å². The predicted octanol–water partition coefficient (Wildman–Crippen LogP) is 4.97. The van der Waals surface area contributed by atoms with Crippen LogP contribution < -0.4 is 10.2 Å². The van der Waals surface area contributed by atoms with E-state index in [4.69, 9.17) is 11.6 Å². The van der Waals surface area contributed by atoms with E-state index in [1.54, 1.807) is 0 Å². The number of nitrogens with one attached hydrogen (secondary N) is 1. The summed E-state index contributed by atoms with van der Waals surface area (Å²) in [6.45, 7) is 3.98. The van der Waals surface area contributed by atoms with Crippen molar-refractivity contribution in [1.82, 2.24) is 0 Å². The van der Waals surface area contributed by atoms with Crippen molar-refractivity contribution in [3.8, 4) is 0 Å². The van der Waals surface area contributed by atoms with E-state index in [9.17, 15) is 0 Å². The van der Waals surface area contributed by atoms with E-state index in [0.717, 1.165) is 28.3 Å². The Labute approximate surface area is 126 Å². The minimum Gasteiger partial charge on any atom is -0.382 e. The van der Waals surface area contributed by atoms with E-state index >= 15 is 0 Å².